The van der Waals surface area contributed by atoms with Crippen LogP contribution < -0.4 is 4.74 Å². The Kier molecular flexibility index (Phi) is 4.66. The van der Waals surface area contributed by atoms with Gasteiger partial charge in [-0.05, 0) is 41.6 Å². The summed E-state index contributed by atoms with van der Waals surface area (Å²) in [7, 11) is 1.57. The summed E-state index contributed by atoms with van der Waals surface area (Å²) in [4.78, 5) is 25.9. The van der Waals surface area contributed by atoms with Crippen molar-refractivity contribution in [1.29, 1.82) is 0 Å². The molecule has 1 aliphatic rings. The van der Waals surface area contributed by atoms with Crippen LogP contribution in [0.2, 0.25) is 0 Å². The predicted octanol–water partition coefficient (Wildman–Crippen LogP) is 4.07. The van der Waals surface area contributed by atoms with Crippen molar-refractivity contribution in [2.45, 2.75) is 6.54 Å². The van der Waals surface area contributed by atoms with Gasteiger partial charge in [0.2, 0.25) is 0 Å². The summed E-state index contributed by atoms with van der Waals surface area (Å²) in [6, 6.07) is 13.2. The highest BCUT2D eigenvalue weighted by Crippen LogP contribution is 2.33. The zero-order valence-corrected chi connectivity index (χ0v) is 13.7. The average Bonchev–Trinajstić information content (AvgIpc) is 2.85. The molecule has 0 atom stereocenters. The molecule has 0 aromatic heterocycles. The Balaban J connectivity index is 1.80. The van der Waals surface area contributed by atoms with E-state index >= 15 is 0 Å². The first-order chi connectivity index (χ1) is 11.6. The zero-order chi connectivity index (χ0) is 17.1. The smallest absolute Gasteiger partial charge is 0.293 e. The van der Waals surface area contributed by atoms with Crippen molar-refractivity contribution >= 4 is 29.0 Å². The van der Waals surface area contributed by atoms with Crippen LogP contribution in [-0.4, -0.2) is 23.2 Å². The number of methoxy groups -OCH3 is 1. The highest BCUT2D eigenvalue weighted by Gasteiger charge is 2.35. The first-order valence-electron chi connectivity index (χ1n) is 7.21. The summed E-state index contributed by atoms with van der Waals surface area (Å²) in [5.41, 5.74) is 1.10. The number of amides is 2. The number of rotatable bonds is 4. The number of halogens is 1. The van der Waals surface area contributed by atoms with Gasteiger partial charge in [-0.15, -0.1) is 0 Å². The van der Waals surface area contributed by atoms with Gasteiger partial charge in [-0.1, -0.05) is 30.3 Å². The van der Waals surface area contributed by atoms with Crippen LogP contribution in [0.15, 0.2) is 53.4 Å². The van der Waals surface area contributed by atoms with Crippen LogP contribution in [0.3, 0.4) is 0 Å². The molecule has 0 aliphatic carbocycles. The minimum absolute atomic E-state index is 0.0721. The van der Waals surface area contributed by atoms with Crippen LogP contribution in [0.4, 0.5) is 9.18 Å². The fraction of sp³-hybridized carbons (Fsp3) is 0.111. The number of ether oxygens (including phenoxy) is 1. The van der Waals surface area contributed by atoms with Crippen LogP contribution in [-0.2, 0) is 11.3 Å². The van der Waals surface area contributed by atoms with Crippen molar-refractivity contribution in [1.82, 2.24) is 4.90 Å². The van der Waals surface area contributed by atoms with Gasteiger partial charge in [0.05, 0.1) is 18.6 Å². The Hall–Kier alpha value is -2.60. The van der Waals surface area contributed by atoms with E-state index in [0.717, 1.165) is 22.2 Å². The van der Waals surface area contributed by atoms with Crippen LogP contribution in [0.25, 0.3) is 6.08 Å². The lowest BCUT2D eigenvalue weighted by Gasteiger charge is -2.12. The molecule has 2 amide bonds. The second-order valence-electron chi connectivity index (χ2n) is 5.13. The van der Waals surface area contributed by atoms with E-state index in [2.05, 4.69) is 0 Å². The van der Waals surface area contributed by atoms with Gasteiger partial charge in [0.25, 0.3) is 11.1 Å². The number of carbonyl (C=O) groups is 2. The zero-order valence-electron chi connectivity index (χ0n) is 12.9. The predicted molar refractivity (Wildman–Crippen MR) is 90.9 cm³/mol. The molecule has 0 bridgehead atoms. The molecule has 6 heteroatoms. The number of imide groups is 1. The van der Waals surface area contributed by atoms with Crippen LogP contribution in [0, 0.1) is 5.82 Å². The van der Waals surface area contributed by atoms with Crippen LogP contribution in [0.5, 0.6) is 5.75 Å². The van der Waals surface area contributed by atoms with Crippen molar-refractivity contribution in [2.75, 3.05) is 7.11 Å². The number of benzene rings is 2. The molecule has 2 aromatic carbocycles. The summed E-state index contributed by atoms with van der Waals surface area (Å²) >= 11 is 0.857. The van der Waals surface area contributed by atoms with Crippen LogP contribution >= 0.6 is 11.8 Å². The summed E-state index contributed by atoms with van der Waals surface area (Å²) in [5, 5.41) is -0.400. The highest BCUT2D eigenvalue weighted by molar-refractivity contribution is 8.18. The van der Waals surface area contributed by atoms with Gasteiger partial charge in [0.1, 0.15) is 11.6 Å². The van der Waals surface area contributed by atoms with Crippen molar-refractivity contribution in [3.63, 3.8) is 0 Å². The quantitative estimate of drug-likeness (QED) is 0.785. The minimum atomic E-state index is -0.435. The van der Waals surface area contributed by atoms with Gasteiger partial charge in [0, 0.05) is 5.56 Å². The fourth-order valence-electron chi connectivity index (χ4n) is 2.28. The van der Waals surface area contributed by atoms with E-state index in [1.54, 1.807) is 55.7 Å². The third-order valence-electron chi connectivity index (χ3n) is 3.57. The molecule has 0 unspecified atom stereocenters. The summed E-state index contributed by atoms with van der Waals surface area (Å²) in [6.45, 7) is -0.0721. The Morgan fingerprint density at radius 3 is 2.50 bits per heavy atom. The Labute approximate surface area is 142 Å². The molecular formula is C18H14FNO3S. The molecule has 0 radical (unpaired) electrons. The number of nitrogens with zero attached hydrogens (tertiary/aromatic N) is 1. The van der Waals surface area contributed by atoms with E-state index < -0.39 is 17.0 Å². The third-order valence-corrected chi connectivity index (χ3v) is 4.48. The molecule has 3 rings (SSSR count). The minimum Gasteiger partial charge on any atom is -0.497 e. The maximum Gasteiger partial charge on any atom is 0.293 e. The maximum atomic E-state index is 13.7. The Bertz CT molecular complexity index is 817. The van der Waals surface area contributed by atoms with Crippen LogP contribution in [0.1, 0.15) is 11.1 Å². The molecule has 1 fully saturated rings. The standard InChI is InChI=1S/C18H14FNO3S/c1-23-14-8-6-12(7-9-14)10-16-17(21)20(18(22)24-16)11-13-4-2-3-5-15(13)19/h2-10H,11H2,1H3/b16-10-. The molecule has 122 valence electrons. The van der Waals surface area contributed by atoms with Gasteiger partial charge in [0.15, 0.2) is 0 Å². The lowest BCUT2D eigenvalue weighted by Crippen LogP contribution is -2.27. The topological polar surface area (TPSA) is 46.6 Å². The van der Waals surface area contributed by atoms with Gasteiger partial charge in [-0.2, -0.15) is 0 Å². The first kappa shape index (κ1) is 16.3. The number of carbonyl (C=O) groups excluding carboxylic acids is 2. The number of hydrogen-bond donors (Lipinski definition) is 0. The van der Waals surface area contributed by atoms with E-state index in [0.29, 0.717) is 16.2 Å². The van der Waals surface area contributed by atoms with Crippen molar-refractivity contribution in [3.8, 4) is 5.75 Å². The molecule has 1 aliphatic heterocycles. The first-order valence-corrected chi connectivity index (χ1v) is 8.03. The second kappa shape index (κ2) is 6.88. The molecule has 0 saturated carbocycles. The van der Waals surface area contributed by atoms with Gasteiger partial charge < -0.3 is 4.74 Å². The molecule has 24 heavy (non-hydrogen) atoms. The molecule has 0 spiro atoms. The van der Waals surface area contributed by atoms with E-state index in [9.17, 15) is 14.0 Å². The van der Waals surface area contributed by atoms with Crippen molar-refractivity contribution < 1.29 is 18.7 Å². The lowest BCUT2D eigenvalue weighted by molar-refractivity contribution is -0.123. The molecule has 4 nitrogen and oxygen atoms in total. The molecule has 1 saturated heterocycles. The average molecular weight is 343 g/mol. The van der Waals surface area contributed by atoms with E-state index in [-0.39, 0.29) is 6.54 Å². The second-order valence-corrected chi connectivity index (χ2v) is 6.13. The van der Waals surface area contributed by atoms with Crippen molar-refractivity contribution in [3.05, 3.63) is 70.4 Å². The molecule has 2 aromatic rings. The summed E-state index contributed by atoms with van der Waals surface area (Å²) in [6.07, 6.45) is 1.64. The third kappa shape index (κ3) is 3.33. The molecule has 0 N–H and O–H groups in total. The number of hydrogen-bond acceptors (Lipinski definition) is 4. The monoisotopic (exact) mass is 343 g/mol. The number of thioether (sulfide) groups is 1. The SMILES string of the molecule is COc1ccc(/C=C2\SC(=O)N(Cc3ccccc3F)C2=O)cc1. The summed E-state index contributed by atoms with van der Waals surface area (Å²) < 4.78 is 18.8. The highest BCUT2D eigenvalue weighted by atomic mass is 32.2. The van der Waals surface area contributed by atoms with E-state index in [4.69, 9.17) is 4.74 Å². The van der Waals surface area contributed by atoms with Gasteiger partial charge in [-0.3, -0.25) is 14.5 Å². The van der Waals surface area contributed by atoms with E-state index in [1.807, 2.05) is 0 Å². The summed E-state index contributed by atoms with van der Waals surface area (Å²) in [5.74, 6) is -0.139. The van der Waals surface area contributed by atoms with Gasteiger partial charge >= 0.3 is 0 Å². The van der Waals surface area contributed by atoms with E-state index in [1.165, 1.54) is 6.07 Å². The maximum absolute atomic E-state index is 13.7. The van der Waals surface area contributed by atoms with Gasteiger partial charge in [-0.25, -0.2) is 4.39 Å². The molecular weight excluding hydrogens is 329 g/mol. The lowest BCUT2D eigenvalue weighted by atomic mass is 10.2. The largest absolute Gasteiger partial charge is 0.497 e. The molecule has 1 heterocycles. The van der Waals surface area contributed by atoms with Crippen molar-refractivity contribution in [2.24, 2.45) is 0 Å². The Morgan fingerprint density at radius 1 is 1.12 bits per heavy atom. The fourth-order valence-corrected chi connectivity index (χ4v) is 3.12. The normalized spacial score (nSPS) is 16.1. The Morgan fingerprint density at radius 2 is 1.83 bits per heavy atom.